The molecule has 0 spiro atoms. The maximum Gasteiger partial charge on any atom is 0.119 e. The zero-order chi connectivity index (χ0) is 13.8. The van der Waals surface area contributed by atoms with Gasteiger partial charge in [-0.2, -0.15) is 0 Å². The van der Waals surface area contributed by atoms with Crippen LogP contribution >= 0.6 is 0 Å². The van der Waals surface area contributed by atoms with Crippen molar-refractivity contribution in [2.45, 2.75) is 27.2 Å². The molecule has 0 fully saturated rings. The molecule has 2 heteroatoms. The monoisotopic (exact) mass is 249 g/mol. The van der Waals surface area contributed by atoms with Gasteiger partial charge in [-0.15, -0.1) is 0 Å². The number of hydrogen-bond acceptors (Lipinski definition) is 2. The van der Waals surface area contributed by atoms with Crippen LogP contribution in [0.1, 0.15) is 32.8 Å². The first-order valence-electron chi connectivity index (χ1n) is 6.72. The second kappa shape index (κ2) is 10.8. The van der Waals surface area contributed by atoms with Crippen molar-refractivity contribution in [3.8, 4) is 5.75 Å². The number of hydrogen-bond donors (Lipinski definition) is 0. The quantitative estimate of drug-likeness (QED) is 0.704. The van der Waals surface area contributed by atoms with Crippen LogP contribution in [0.3, 0.4) is 0 Å². The van der Waals surface area contributed by atoms with Gasteiger partial charge in [-0.3, -0.25) is 0 Å². The van der Waals surface area contributed by atoms with Crippen LogP contribution in [-0.4, -0.2) is 32.1 Å². The Bertz CT molecular complexity index is 314. The van der Waals surface area contributed by atoms with E-state index in [0.717, 1.165) is 25.3 Å². The van der Waals surface area contributed by atoms with Gasteiger partial charge in [0.1, 0.15) is 5.75 Å². The van der Waals surface area contributed by atoms with Crippen LogP contribution < -0.4 is 4.74 Å². The summed E-state index contributed by atoms with van der Waals surface area (Å²) in [6.07, 6.45) is 5.17. The molecule has 2 nitrogen and oxygen atoms in total. The maximum absolute atomic E-state index is 5.64. The van der Waals surface area contributed by atoms with E-state index in [1.54, 1.807) is 0 Å². The lowest BCUT2D eigenvalue weighted by atomic mass is 10.2. The van der Waals surface area contributed by atoms with Gasteiger partial charge in [0.25, 0.3) is 0 Å². The third-order valence-corrected chi connectivity index (χ3v) is 2.26. The molecule has 102 valence electrons. The predicted octanol–water partition coefficient (Wildman–Crippen LogP) is 4.08. The van der Waals surface area contributed by atoms with Crippen molar-refractivity contribution in [2.24, 2.45) is 0 Å². The summed E-state index contributed by atoms with van der Waals surface area (Å²) in [7, 11) is 4.15. The Morgan fingerprint density at radius 2 is 1.72 bits per heavy atom. The van der Waals surface area contributed by atoms with Crippen molar-refractivity contribution in [1.29, 1.82) is 0 Å². The SMILES string of the molecule is C/C=C\c1ccc(OCCCN(C)C)cc1.CC. The van der Waals surface area contributed by atoms with E-state index in [-0.39, 0.29) is 0 Å². The van der Waals surface area contributed by atoms with Crippen molar-refractivity contribution >= 4 is 6.08 Å². The fraction of sp³-hybridized carbons (Fsp3) is 0.500. The van der Waals surface area contributed by atoms with Crippen LogP contribution in [0.4, 0.5) is 0 Å². The Morgan fingerprint density at radius 3 is 2.22 bits per heavy atom. The van der Waals surface area contributed by atoms with Crippen molar-refractivity contribution in [3.05, 3.63) is 35.9 Å². The van der Waals surface area contributed by atoms with E-state index in [9.17, 15) is 0 Å². The minimum absolute atomic E-state index is 0.779. The molecule has 0 aliphatic heterocycles. The Morgan fingerprint density at radius 1 is 1.11 bits per heavy atom. The molecule has 1 aromatic rings. The summed E-state index contributed by atoms with van der Waals surface area (Å²) in [6.45, 7) is 7.86. The standard InChI is InChI=1S/C14H21NO.C2H6/c1-4-6-13-7-9-14(10-8-13)16-12-5-11-15(2)3;1-2/h4,6-10H,5,11-12H2,1-3H3;1-2H3/b6-4-;. The van der Waals surface area contributed by atoms with E-state index in [1.807, 2.05) is 39.0 Å². The van der Waals surface area contributed by atoms with E-state index in [2.05, 4.69) is 37.2 Å². The van der Waals surface area contributed by atoms with Crippen LogP contribution in [-0.2, 0) is 0 Å². The Hall–Kier alpha value is -1.28. The lowest BCUT2D eigenvalue weighted by molar-refractivity contribution is 0.281. The van der Waals surface area contributed by atoms with Gasteiger partial charge in [0.15, 0.2) is 0 Å². The van der Waals surface area contributed by atoms with Crippen LogP contribution in [0.2, 0.25) is 0 Å². The molecule has 0 atom stereocenters. The fourth-order valence-electron chi connectivity index (χ4n) is 1.44. The molecule has 0 bridgehead atoms. The van der Waals surface area contributed by atoms with E-state index in [0.29, 0.717) is 0 Å². The van der Waals surface area contributed by atoms with Crippen molar-refractivity contribution in [1.82, 2.24) is 4.90 Å². The van der Waals surface area contributed by atoms with Crippen LogP contribution in [0, 0.1) is 0 Å². The molecule has 0 saturated carbocycles. The van der Waals surface area contributed by atoms with Crippen LogP contribution in [0.5, 0.6) is 5.75 Å². The second-order valence-corrected chi connectivity index (χ2v) is 4.07. The van der Waals surface area contributed by atoms with Gasteiger partial charge in [-0.1, -0.05) is 38.1 Å². The number of allylic oxidation sites excluding steroid dienone is 1. The predicted molar refractivity (Wildman–Crippen MR) is 81.2 cm³/mol. The molecular formula is C16H27NO. The van der Waals surface area contributed by atoms with Crippen molar-refractivity contribution in [2.75, 3.05) is 27.2 Å². The number of nitrogens with zero attached hydrogens (tertiary/aromatic N) is 1. The summed E-state index contributed by atoms with van der Waals surface area (Å²) in [6, 6.07) is 8.18. The van der Waals surface area contributed by atoms with Gasteiger partial charge < -0.3 is 9.64 Å². The summed E-state index contributed by atoms with van der Waals surface area (Å²) >= 11 is 0. The number of benzene rings is 1. The van der Waals surface area contributed by atoms with Crippen LogP contribution in [0.25, 0.3) is 6.08 Å². The normalized spacial score (nSPS) is 10.3. The molecule has 0 saturated heterocycles. The Labute approximate surface area is 112 Å². The molecule has 0 aliphatic carbocycles. The first-order chi connectivity index (χ1) is 8.72. The Kier molecular flexibility index (Phi) is 10.1. The highest BCUT2D eigenvalue weighted by atomic mass is 16.5. The number of rotatable bonds is 6. The van der Waals surface area contributed by atoms with Gasteiger partial charge >= 0.3 is 0 Å². The lowest BCUT2D eigenvalue weighted by Gasteiger charge is -2.10. The Balaban J connectivity index is 0.00000137. The molecule has 0 radical (unpaired) electrons. The highest BCUT2D eigenvalue weighted by Gasteiger charge is 1.94. The fourth-order valence-corrected chi connectivity index (χ4v) is 1.44. The number of ether oxygens (including phenoxy) is 1. The van der Waals surface area contributed by atoms with E-state index in [4.69, 9.17) is 4.74 Å². The highest BCUT2D eigenvalue weighted by molar-refractivity contribution is 5.50. The smallest absolute Gasteiger partial charge is 0.119 e. The summed E-state index contributed by atoms with van der Waals surface area (Å²) in [4.78, 5) is 2.17. The van der Waals surface area contributed by atoms with Gasteiger partial charge in [-0.25, -0.2) is 0 Å². The lowest BCUT2D eigenvalue weighted by Crippen LogP contribution is -2.15. The summed E-state index contributed by atoms with van der Waals surface area (Å²) < 4.78 is 5.64. The minimum Gasteiger partial charge on any atom is -0.494 e. The second-order valence-electron chi connectivity index (χ2n) is 4.07. The zero-order valence-corrected chi connectivity index (χ0v) is 12.4. The van der Waals surface area contributed by atoms with Crippen molar-refractivity contribution in [3.63, 3.8) is 0 Å². The van der Waals surface area contributed by atoms with E-state index < -0.39 is 0 Å². The molecule has 1 aromatic carbocycles. The van der Waals surface area contributed by atoms with Crippen LogP contribution in [0.15, 0.2) is 30.3 Å². The molecule has 0 aromatic heterocycles. The molecule has 0 heterocycles. The first-order valence-corrected chi connectivity index (χ1v) is 6.72. The minimum atomic E-state index is 0.779. The molecule has 0 amide bonds. The average molecular weight is 249 g/mol. The molecular weight excluding hydrogens is 222 g/mol. The zero-order valence-electron chi connectivity index (χ0n) is 12.4. The topological polar surface area (TPSA) is 12.5 Å². The van der Waals surface area contributed by atoms with Gasteiger partial charge in [-0.05, 0) is 45.1 Å². The molecule has 0 aliphatic rings. The summed E-state index contributed by atoms with van der Waals surface area (Å²) in [5.41, 5.74) is 1.21. The first kappa shape index (κ1) is 16.7. The summed E-state index contributed by atoms with van der Waals surface area (Å²) in [5.74, 6) is 0.951. The molecule has 0 N–H and O–H groups in total. The van der Waals surface area contributed by atoms with E-state index in [1.165, 1.54) is 5.56 Å². The highest BCUT2D eigenvalue weighted by Crippen LogP contribution is 2.13. The van der Waals surface area contributed by atoms with Gasteiger partial charge in [0, 0.05) is 6.54 Å². The largest absolute Gasteiger partial charge is 0.494 e. The molecule has 18 heavy (non-hydrogen) atoms. The maximum atomic E-state index is 5.64. The van der Waals surface area contributed by atoms with Gasteiger partial charge in [0.05, 0.1) is 6.61 Å². The average Bonchev–Trinajstić information content (AvgIpc) is 2.39. The van der Waals surface area contributed by atoms with Gasteiger partial charge in [0.2, 0.25) is 0 Å². The van der Waals surface area contributed by atoms with E-state index >= 15 is 0 Å². The van der Waals surface area contributed by atoms with Crippen molar-refractivity contribution < 1.29 is 4.74 Å². The summed E-state index contributed by atoms with van der Waals surface area (Å²) in [5, 5.41) is 0. The third kappa shape index (κ3) is 7.91. The molecule has 1 rings (SSSR count). The molecule has 0 unspecified atom stereocenters. The third-order valence-electron chi connectivity index (χ3n) is 2.26.